The maximum Gasteiger partial charge on any atom is 0.323 e. The van der Waals surface area contributed by atoms with E-state index in [-0.39, 0.29) is 6.03 Å². The Bertz CT molecular complexity index is 1040. The van der Waals surface area contributed by atoms with E-state index in [2.05, 4.69) is 40.4 Å². The molecule has 0 atom stereocenters. The molecule has 7 heteroatoms. The molecule has 0 unspecified atom stereocenters. The number of amides is 2. The van der Waals surface area contributed by atoms with Crippen molar-refractivity contribution in [3.8, 4) is 11.4 Å². The molecular formula is C24H29N5O2. The van der Waals surface area contributed by atoms with Crippen molar-refractivity contribution in [3.05, 3.63) is 71.4 Å². The lowest BCUT2D eigenvalue weighted by atomic mass is 10.1. The summed E-state index contributed by atoms with van der Waals surface area (Å²) in [6, 6.07) is 18.0. The number of aryl methyl sites for hydroxylation is 2. The lowest BCUT2D eigenvalue weighted by molar-refractivity contribution is 0.142. The zero-order valence-electron chi connectivity index (χ0n) is 18.3. The van der Waals surface area contributed by atoms with E-state index >= 15 is 0 Å². The Labute approximate surface area is 183 Å². The van der Waals surface area contributed by atoms with Crippen LogP contribution in [-0.2, 0) is 6.54 Å². The Kier molecular flexibility index (Phi) is 6.23. The van der Waals surface area contributed by atoms with Crippen LogP contribution in [0.2, 0.25) is 0 Å². The Hall–Kier alpha value is -3.32. The summed E-state index contributed by atoms with van der Waals surface area (Å²) in [7, 11) is 1.70. The van der Waals surface area contributed by atoms with Crippen molar-refractivity contribution in [2.75, 3.05) is 38.6 Å². The molecule has 0 bridgehead atoms. The minimum atomic E-state index is -0.106. The van der Waals surface area contributed by atoms with Crippen LogP contribution < -0.4 is 10.1 Å². The van der Waals surface area contributed by atoms with Crippen molar-refractivity contribution < 1.29 is 9.53 Å². The highest BCUT2D eigenvalue weighted by atomic mass is 16.5. The molecule has 1 fully saturated rings. The van der Waals surface area contributed by atoms with Crippen LogP contribution in [-0.4, -0.2) is 58.9 Å². The summed E-state index contributed by atoms with van der Waals surface area (Å²) in [6.45, 7) is 7.86. The molecule has 1 aromatic heterocycles. The van der Waals surface area contributed by atoms with Gasteiger partial charge >= 0.3 is 6.03 Å². The number of rotatable bonds is 5. The van der Waals surface area contributed by atoms with Crippen LogP contribution in [0.25, 0.3) is 5.69 Å². The molecule has 0 aliphatic carbocycles. The van der Waals surface area contributed by atoms with E-state index in [4.69, 9.17) is 4.74 Å². The molecule has 3 aromatic rings. The van der Waals surface area contributed by atoms with E-state index in [0.29, 0.717) is 18.9 Å². The normalized spacial score (nSPS) is 14.5. The first-order valence-corrected chi connectivity index (χ1v) is 10.6. The number of carbonyl (C=O) groups excluding carboxylic acids is 1. The number of benzene rings is 2. The number of methoxy groups -OCH3 is 1. The minimum absolute atomic E-state index is 0.106. The molecule has 0 radical (unpaired) electrons. The van der Waals surface area contributed by atoms with Crippen molar-refractivity contribution in [2.24, 2.45) is 0 Å². The van der Waals surface area contributed by atoms with Crippen LogP contribution in [0.5, 0.6) is 5.75 Å². The number of nitrogens with one attached hydrogen (secondary N) is 1. The van der Waals surface area contributed by atoms with Gasteiger partial charge in [0, 0.05) is 50.0 Å². The third-order valence-corrected chi connectivity index (χ3v) is 5.65. The highest BCUT2D eigenvalue weighted by Gasteiger charge is 2.22. The van der Waals surface area contributed by atoms with Crippen LogP contribution in [0.1, 0.15) is 16.8 Å². The van der Waals surface area contributed by atoms with E-state index in [9.17, 15) is 4.79 Å². The van der Waals surface area contributed by atoms with Gasteiger partial charge in [0.05, 0.1) is 12.8 Å². The molecule has 162 valence electrons. The van der Waals surface area contributed by atoms with E-state index in [1.54, 1.807) is 7.11 Å². The van der Waals surface area contributed by atoms with Crippen LogP contribution in [0.3, 0.4) is 0 Å². The van der Waals surface area contributed by atoms with E-state index in [1.807, 2.05) is 52.9 Å². The van der Waals surface area contributed by atoms with Crippen molar-refractivity contribution in [1.82, 2.24) is 19.6 Å². The van der Waals surface area contributed by atoms with Crippen LogP contribution >= 0.6 is 0 Å². The third-order valence-electron chi connectivity index (χ3n) is 5.65. The zero-order valence-corrected chi connectivity index (χ0v) is 18.3. The van der Waals surface area contributed by atoms with Crippen molar-refractivity contribution in [1.29, 1.82) is 0 Å². The standard InChI is InChI=1S/C24H29N5O2/c1-18-8-10-21(11-9-18)29-19(2)16-23(26-29)25-24(30)28-14-12-27(13-15-28)17-20-6-4-5-7-22(20)31-3/h4-11,16H,12-15,17H2,1-3H3,(H,25,26,30). The van der Waals surface area contributed by atoms with Gasteiger partial charge in [-0.3, -0.25) is 10.2 Å². The summed E-state index contributed by atoms with van der Waals surface area (Å²) < 4.78 is 7.30. The van der Waals surface area contributed by atoms with E-state index in [1.165, 1.54) is 11.1 Å². The zero-order chi connectivity index (χ0) is 21.8. The van der Waals surface area contributed by atoms with Crippen LogP contribution in [0.15, 0.2) is 54.6 Å². The van der Waals surface area contributed by atoms with Gasteiger partial charge in [0.15, 0.2) is 5.82 Å². The summed E-state index contributed by atoms with van der Waals surface area (Å²) in [5, 5.41) is 7.52. The number of para-hydroxylation sites is 1. The summed E-state index contributed by atoms with van der Waals surface area (Å²) in [4.78, 5) is 17.0. The first-order chi connectivity index (χ1) is 15.0. The molecule has 4 rings (SSSR count). The second-order valence-corrected chi connectivity index (χ2v) is 7.92. The molecule has 2 heterocycles. The maximum absolute atomic E-state index is 12.8. The fourth-order valence-electron chi connectivity index (χ4n) is 3.86. The number of carbonyl (C=O) groups is 1. The van der Waals surface area contributed by atoms with E-state index < -0.39 is 0 Å². The van der Waals surface area contributed by atoms with Gasteiger partial charge in [-0.25, -0.2) is 9.48 Å². The highest BCUT2D eigenvalue weighted by molar-refractivity contribution is 5.88. The van der Waals surface area contributed by atoms with Crippen LogP contribution in [0, 0.1) is 13.8 Å². The number of aromatic nitrogens is 2. The van der Waals surface area contributed by atoms with Crippen LogP contribution in [0.4, 0.5) is 10.6 Å². The van der Waals surface area contributed by atoms with Crippen molar-refractivity contribution in [3.63, 3.8) is 0 Å². The molecule has 1 aliphatic rings. The summed E-state index contributed by atoms with van der Waals surface area (Å²) >= 11 is 0. The number of hydrogen-bond acceptors (Lipinski definition) is 4. The van der Waals surface area contributed by atoms with Gasteiger partial charge in [-0.15, -0.1) is 5.10 Å². The SMILES string of the molecule is COc1ccccc1CN1CCN(C(=O)Nc2cc(C)n(-c3ccc(C)cc3)n2)CC1. The van der Waals surface area contributed by atoms with E-state index in [0.717, 1.165) is 36.8 Å². The molecule has 7 nitrogen and oxygen atoms in total. The molecular weight excluding hydrogens is 390 g/mol. The Morgan fingerprint density at radius 2 is 1.74 bits per heavy atom. The van der Waals surface area contributed by atoms with Gasteiger partial charge in [0.2, 0.25) is 0 Å². The molecule has 2 amide bonds. The average Bonchev–Trinajstić information content (AvgIpc) is 3.15. The average molecular weight is 420 g/mol. The molecule has 31 heavy (non-hydrogen) atoms. The Morgan fingerprint density at radius 3 is 2.45 bits per heavy atom. The van der Waals surface area contributed by atoms with Gasteiger partial charge in [-0.2, -0.15) is 0 Å². The third kappa shape index (κ3) is 4.88. The van der Waals surface area contributed by atoms with Crippen molar-refractivity contribution in [2.45, 2.75) is 20.4 Å². The lowest BCUT2D eigenvalue weighted by Gasteiger charge is -2.34. The molecule has 1 aliphatic heterocycles. The lowest BCUT2D eigenvalue weighted by Crippen LogP contribution is -2.49. The number of urea groups is 1. The number of ether oxygens (including phenoxy) is 1. The molecule has 0 spiro atoms. The molecule has 1 N–H and O–H groups in total. The molecule has 0 saturated carbocycles. The predicted molar refractivity (Wildman–Crippen MR) is 122 cm³/mol. The monoisotopic (exact) mass is 419 g/mol. The van der Waals surface area contributed by atoms with Gasteiger partial charge in [0.25, 0.3) is 0 Å². The number of anilines is 1. The second-order valence-electron chi connectivity index (χ2n) is 7.92. The number of nitrogens with zero attached hydrogens (tertiary/aromatic N) is 4. The quantitative estimate of drug-likeness (QED) is 0.682. The topological polar surface area (TPSA) is 62.6 Å². The fourth-order valence-corrected chi connectivity index (χ4v) is 3.86. The van der Waals surface area contributed by atoms with Gasteiger partial charge < -0.3 is 9.64 Å². The Morgan fingerprint density at radius 1 is 1.03 bits per heavy atom. The second kappa shape index (κ2) is 9.22. The number of piperazine rings is 1. The summed E-state index contributed by atoms with van der Waals surface area (Å²) in [5.41, 5.74) is 4.32. The first kappa shape index (κ1) is 20.9. The molecule has 2 aromatic carbocycles. The summed E-state index contributed by atoms with van der Waals surface area (Å²) in [6.07, 6.45) is 0. The minimum Gasteiger partial charge on any atom is -0.496 e. The Balaban J connectivity index is 1.33. The maximum atomic E-state index is 12.8. The van der Waals surface area contributed by atoms with Gasteiger partial charge in [0.1, 0.15) is 5.75 Å². The molecule has 1 saturated heterocycles. The fraction of sp³-hybridized carbons (Fsp3) is 0.333. The van der Waals surface area contributed by atoms with Gasteiger partial charge in [-0.05, 0) is 32.0 Å². The number of hydrogen-bond donors (Lipinski definition) is 1. The van der Waals surface area contributed by atoms with Crippen molar-refractivity contribution >= 4 is 11.8 Å². The van der Waals surface area contributed by atoms with Gasteiger partial charge in [-0.1, -0.05) is 35.9 Å². The highest BCUT2D eigenvalue weighted by Crippen LogP contribution is 2.20. The summed E-state index contributed by atoms with van der Waals surface area (Å²) in [5.74, 6) is 1.47. The predicted octanol–water partition coefficient (Wildman–Crippen LogP) is 3.85. The largest absolute Gasteiger partial charge is 0.496 e. The first-order valence-electron chi connectivity index (χ1n) is 10.6. The smallest absolute Gasteiger partial charge is 0.323 e.